The Bertz CT molecular complexity index is 1520. The first-order valence-electron chi connectivity index (χ1n) is 15.1. The number of nitrogens with one attached hydrogen (secondary N) is 1. The second-order valence-electron chi connectivity index (χ2n) is 11.5. The fourth-order valence-electron chi connectivity index (χ4n) is 5.14. The first kappa shape index (κ1) is 34.4. The summed E-state index contributed by atoms with van der Waals surface area (Å²) in [5, 5.41) is 11.8. The molecular formula is C32H42N4O7S2. The molecule has 4 rings (SSSR count). The van der Waals surface area contributed by atoms with Gasteiger partial charge in [-0.25, -0.2) is 8.42 Å². The van der Waals surface area contributed by atoms with Gasteiger partial charge in [0.15, 0.2) is 0 Å². The molecule has 3 heterocycles. The summed E-state index contributed by atoms with van der Waals surface area (Å²) in [4.78, 5) is 34.6. The molecule has 1 aromatic carbocycles. The third-order valence-electron chi connectivity index (χ3n) is 7.79. The van der Waals surface area contributed by atoms with Crippen LogP contribution in [-0.4, -0.2) is 91.7 Å². The average Bonchev–Trinajstić information content (AvgIpc) is 3.59. The molecule has 2 amide bonds. The topological polar surface area (TPSA) is 138 Å². The number of rotatable bonds is 8. The van der Waals surface area contributed by atoms with E-state index in [1.807, 2.05) is 13.8 Å². The maximum absolute atomic E-state index is 14.3. The number of carbonyl (C=O) groups is 2. The van der Waals surface area contributed by atoms with Crippen LogP contribution < -0.4 is 9.46 Å². The van der Waals surface area contributed by atoms with Crippen LogP contribution in [0, 0.1) is 5.92 Å². The van der Waals surface area contributed by atoms with E-state index in [9.17, 15) is 23.1 Å². The number of hydrogen-bond acceptors (Lipinski definition) is 9. The van der Waals surface area contributed by atoms with Crippen LogP contribution in [0.1, 0.15) is 60.7 Å². The Kier molecular flexibility index (Phi) is 12.0. The molecule has 0 saturated heterocycles. The van der Waals surface area contributed by atoms with Gasteiger partial charge in [-0.3, -0.25) is 19.3 Å². The Hall–Kier alpha value is -3.52. The molecule has 0 aliphatic carbocycles. The highest BCUT2D eigenvalue weighted by Crippen LogP contribution is 2.30. The van der Waals surface area contributed by atoms with Crippen molar-refractivity contribution in [2.75, 3.05) is 38.1 Å². The first-order chi connectivity index (χ1) is 21.5. The zero-order valence-corrected chi connectivity index (χ0v) is 27.7. The molecule has 0 bridgehead atoms. The molecule has 0 radical (unpaired) electrons. The minimum Gasteiger partial charge on any atom is -0.490 e. The number of aromatic nitrogens is 1. The molecule has 0 spiro atoms. The third-order valence-corrected chi connectivity index (χ3v) is 10.6. The normalized spacial score (nSPS) is 20.8. The van der Waals surface area contributed by atoms with E-state index in [1.165, 1.54) is 12.1 Å². The van der Waals surface area contributed by atoms with E-state index in [0.29, 0.717) is 30.9 Å². The number of pyridine rings is 1. The summed E-state index contributed by atoms with van der Waals surface area (Å²) in [5.74, 6) is -0.481. The lowest BCUT2D eigenvalue weighted by atomic mass is 10.0. The number of ether oxygens (including phenoxy) is 2. The SMILES string of the molecule is C[C@@H]1CCCCO[C@@H](CN(C)C(=O)c2ccncc2)[C@@H](C)CN([C@H](C)CO)C(=O)c2cc(NS(=O)(=O)c3cccs3)ccc2O1. The van der Waals surface area contributed by atoms with E-state index < -0.39 is 28.1 Å². The Morgan fingerprint density at radius 2 is 1.96 bits per heavy atom. The zero-order chi connectivity index (χ0) is 32.6. The summed E-state index contributed by atoms with van der Waals surface area (Å²) < 4.78 is 41.2. The highest BCUT2D eigenvalue weighted by molar-refractivity contribution is 7.94. The van der Waals surface area contributed by atoms with E-state index in [0.717, 1.165) is 24.2 Å². The van der Waals surface area contributed by atoms with Crippen molar-refractivity contribution in [3.63, 3.8) is 0 Å². The number of nitrogens with zero attached hydrogens (tertiary/aromatic N) is 3. The number of hydrogen-bond donors (Lipinski definition) is 2. The summed E-state index contributed by atoms with van der Waals surface area (Å²) >= 11 is 1.09. The number of carbonyl (C=O) groups excluding carboxylic acids is 2. The molecular weight excluding hydrogens is 617 g/mol. The van der Waals surface area contributed by atoms with Gasteiger partial charge >= 0.3 is 0 Å². The van der Waals surface area contributed by atoms with Crippen molar-refractivity contribution in [1.29, 1.82) is 0 Å². The lowest BCUT2D eigenvalue weighted by Crippen LogP contribution is -2.48. The van der Waals surface area contributed by atoms with E-state index in [1.54, 1.807) is 71.9 Å². The first-order valence-corrected chi connectivity index (χ1v) is 17.4. The van der Waals surface area contributed by atoms with Gasteiger partial charge in [-0.1, -0.05) is 13.0 Å². The molecule has 13 heteroatoms. The van der Waals surface area contributed by atoms with E-state index in [4.69, 9.17) is 9.47 Å². The maximum Gasteiger partial charge on any atom is 0.271 e. The van der Waals surface area contributed by atoms with E-state index in [-0.39, 0.29) is 46.5 Å². The van der Waals surface area contributed by atoms with Gasteiger partial charge in [-0.2, -0.15) is 0 Å². The molecule has 3 aromatic rings. The number of aliphatic hydroxyl groups excluding tert-OH is 1. The molecule has 2 N–H and O–H groups in total. The van der Waals surface area contributed by atoms with E-state index in [2.05, 4.69) is 9.71 Å². The highest BCUT2D eigenvalue weighted by atomic mass is 32.2. The Labute approximate surface area is 269 Å². The molecule has 0 fully saturated rings. The number of anilines is 1. The van der Waals surface area contributed by atoms with Crippen LogP contribution >= 0.6 is 11.3 Å². The van der Waals surface area contributed by atoms with Crippen molar-refractivity contribution < 1.29 is 32.6 Å². The van der Waals surface area contributed by atoms with Gasteiger partial charge < -0.3 is 24.4 Å². The summed E-state index contributed by atoms with van der Waals surface area (Å²) in [5.41, 5.74) is 0.915. The molecule has 0 unspecified atom stereocenters. The number of thiophene rings is 1. The predicted molar refractivity (Wildman–Crippen MR) is 173 cm³/mol. The summed E-state index contributed by atoms with van der Waals surface area (Å²) in [6, 6.07) is 10.6. The molecule has 1 aliphatic rings. The standard InChI is InChI=1S/C32H42N4O7S2/c1-22-19-36(23(2)21-37)32(39)27-18-26(34-45(40,41)30-9-7-17-44-30)10-11-28(27)43-24(3)8-5-6-16-42-29(22)20-35(4)31(38)25-12-14-33-15-13-25/h7,9-15,17-18,22-24,29,34,37H,5-6,8,16,19-21H2,1-4H3/t22-,23+,24+,29-/m0/s1. The maximum atomic E-state index is 14.3. The van der Waals surface area contributed by atoms with Crippen molar-refractivity contribution in [2.24, 2.45) is 5.92 Å². The van der Waals surface area contributed by atoms with Crippen molar-refractivity contribution in [3.05, 3.63) is 71.4 Å². The van der Waals surface area contributed by atoms with Gasteiger partial charge in [0.1, 0.15) is 9.96 Å². The van der Waals surface area contributed by atoms with Crippen molar-refractivity contribution in [3.8, 4) is 5.75 Å². The van der Waals surface area contributed by atoms with E-state index >= 15 is 0 Å². The van der Waals surface area contributed by atoms with Gasteiger partial charge in [-0.05, 0) is 74.9 Å². The summed E-state index contributed by atoms with van der Waals surface area (Å²) in [6.07, 6.45) is 4.83. The molecule has 1 aliphatic heterocycles. The van der Waals surface area contributed by atoms with Gasteiger partial charge in [0, 0.05) is 56.3 Å². The molecule has 0 saturated carbocycles. The van der Waals surface area contributed by atoms with Crippen molar-refractivity contribution in [2.45, 2.75) is 62.5 Å². The molecule has 4 atom stereocenters. The van der Waals surface area contributed by atoms with Crippen LogP contribution in [0.2, 0.25) is 0 Å². The molecule has 45 heavy (non-hydrogen) atoms. The molecule has 11 nitrogen and oxygen atoms in total. The summed E-state index contributed by atoms with van der Waals surface area (Å²) in [6.45, 7) is 6.32. The van der Waals surface area contributed by atoms with Crippen LogP contribution in [0.3, 0.4) is 0 Å². The van der Waals surface area contributed by atoms with Crippen molar-refractivity contribution >= 4 is 38.9 Å². The number of fused-ring (bicyclic) bond motifs is 1. The second-order valence-corrected chi connectivity index (χ2v) is 14.3. The monoisotopic (exact) mass is 658 g/mol. The second kappa shape index (κ2) is 15.7. The number of likely N-dealkylation sites (N-methyl/N-ethyl adjacent to an activating group) is 1. The Morgan fingerprint density at radius 3 is 2.64 bits per heavy atom. The fourth-order valence-corrected chi connectivity index (χ4v) is 7.18. The van der Waals surface area contributed by atoms with Crippen LogP contribution in [0.5, 0.6) is 5.75 Å². The van der Waals surface area contributed by atoms with Crippen LogP contribution in [0.4, 0.5) is 5.69 Å². The zero-order valence-electron chi connectivity index (χ0n) is 26.1. The number of aliphatic hydroxyl groups is 1. The van der Waals surface area contributed by atoms with Crippen LogP contribution in [0.25, 0.3) is 0 Å². The Balaban J connectivity index is 1.65. The smallest absolute Gasteiger partial charge is 0.271 e. The van der Waals surface area contributed by atoms with Gasteiger partial charge in [0.05, 0.1) is 30.4 Å². The highest BCUT2D eigenvalue weighted by Gasteiger charge is 2.31. The number of amides is 2. The Morgan fingerprint density at radius 1 is 1.20 bits per heavy atom. The lowest BCUT2D eigenvalue weighted by Gasteiger charge is -2.36. The predicted octanol–water partition coefficient (Wildman–Crippen LogP) is 4.51. The van der Waals surface area contributed by atoms with Crippen molar-refractivity contribution in [1.82, 2.24) is 14.8 Å². The quantitative estimate of drug-likeness (QED) is 0.361. The minimum atomic E-state index is -3.85. The van der Waals surface area contributed by atoms with Crippen LogP contribution in [0.15, 0.2) is 64.4 Å². The van der Waals surface area contributed by atoms with Gasteiger partial charge in [0.2, 0.25) is 0 Å². The van der Waals surface area contributed by atoms with Crippen LogP contribution in [-0.2, 0) is 14.8 Å². The number of benzene rings is 1. The molecule has 2 aromatic heterocycles. The number of sulfonamides is 1. The lowest BCUT2D eigenvalue weighted by molar-refractivity contribution is -0.0149. The van der Waals surface area contributed by atoms with Gasteiger partial charge in [-0.15, -0.1) is 11.3 Å². The largest absolute Gasteiger partial charge is 0.490 e. The summed E-state index contributed by atoms with van der Waals surface area (Å²) in [7, 11) is -2.13. The average molecular weight is 659 g/mol. The molecule has 244 valence electrons. The fraction of sp³-hybridized carbons (Fsp3) is 0.469. The minimum absolute atomic E-state index is 0.154. The third kappa shape index (κ3) is 9.03. The van der Waals surface area contributed by atoms with Gasteiger partial charge in [0.25, 0.3) is 21.8 Å².